The first-order chi connectivity index (χ1) is 9.97. The highest BCUT2D eigenvalue weighted by Gasteiger charge is 2.37. The minimum Gasteiger partial charge on any atom is -0.299 e. The van der Waals surface area contributed by atoms with Crippen molar-refractivity contribution in [1.82, 2.24) is 0 Å². The summed E-state index contributed by atoms with van der Waals surface area (Å²) in [5, 5.41) is 0. The smallest absolute Gasteiger partial charge is 0.136 e. The fraction of sp³-hybridized carbons (Fsp3) is 0.950. The molecule has 0 radical (unpaired) electrons. The van der Waals surface area contributed by atoms with Gasteiger partial charge >= 0.3 is 0 Å². The van der Waals surface area contributed by atoms with E-state index in [-0.39, 0.29) is 5.41 Å². The van der Waals surface area contributed by atoms with E-state index >= 15 is 0 Å². The molecule has 0 bridgehead atoms. The lowest BCUT2D eigenvalue weighted by Gasteiger charge is -2.37. The molecule has 0 spiro atoms. The fourth-order valence-corrected chi connectivity index (χ4v) is 3.92. The van der Waals surface area contributed by atoms with Crippen LogP contribution in [0.1, 0.15) is 105 Å². The van der Waals surface area contributed by atoms with Crippen molar-refractivity contribution in [1.29, 1.82) is 0 Å². The Bertz CT molecular complexity index is 292. The van der Waals surface area contributed by atoms with Crippen LogP contribution in [-0.2, 0) is 4.79 Å². The monoisotopic (exact) mass is 294 g/mol. The number of hydrogen-bond donors (Lipinski definition) is 0. The lowest BCUT2D eigenvalue weighted by atomic mass is 9.66. The van der Waals surface area contributed by atoms with Crippen molar-refractivity contribution in [2.45, 2.75) is 105 Å². The molecule has 0 amide bonds. The first-order valence-corrected chi connectivity index (χ1v) is 9.50. The Hall–Kier alpha value is -0.330. The van der Waals surface area contributed by atoms with Gasteiger partial charge in [0.25, 0.3) is 0 Å². The Morgan fingerprint density at radius 3 is 2.10 bits per heavy atom. The van der Waals surface area contributed by atoms with Crippen molar-refractivity contribution in [3.63, 3.8) is 0 Å². The van der Waals surface area contributed by atoms with Gasteiger partial charge in [0.15, 0.2) is 0 Å². The third kappa shape index (κ3) is 6.98. The van der Waals surface area contributed by atoms with Gasteiger partial charge in [-0.15, -0.1) is 0 Å². The Morgan fingerprint density at radius 2 is 1.52 bits per heavy atom. The largest absolute Gasteiger partial charge is 0.299 e. The predicted octanol–water partition coefficient (Wildman–Crippen LogP) is 6.55. The molecule has 0 aliphatic heterocycles. The van der Waals surface area contributed by atoms with Crippen LogP contribution in [-0.4, -0.2) is 5.78 Å². The first kappa shape index (κ1) is 18.7. The van der Waals surface area contributed by atoms with Crippen molar-refractivity contribution in [2.75, 3.05) is 0 Å². The molecule has 0 aromatic heterocycles. The van der Waals surface area contributed by atoms with E-state index in [1.165, 1.54) is 64.2 Å². The van der Waals surface area contributed by atoms with Crippen molar-refractivity contribution < 1.29 is 4.79 Å². The zero-order valence-corrected chi connectivity index (χ0v) is 15.0. The molecule has 1 aliphatic carbocycles. The van der Waals surface area contributed by atoms with E-state index < -0.39 is 0 Å². The molecule has 21 heavy (non-hydrogen) atoms. The van der Waals surface area contributed by atoms with Crippen molar-refractivity contribution in [3.05, 3.63) is 0 Å². The van der Waals surface area contributed by atoms with Crippen LogP contribution in [0.2, 0.25) is 0 Å². The number of carbonyl (C=O) groups excluding carboxylic acids is 1. The van der Waals surface area contributed by atoms with Gasteiger partial charge in [-0.25, -0.2) is 0 Å². The van der Waals surface area contributed by atoms with Crippen LogP contribution < -0.4 is 0 Å². The third-order valence-electron chi connectivity index (χ3n) is 5.50. The summed E-state index contributed by atoms with van der Waals surface area (Å²) in [7, 11) is 0. The van der Waals surface area contributed by atoms with Crippen LogP contribution in [0.15, 0.2) is 0 Å². The van der Waals surface area contributed by atoms with E-state index in [0.717, 1.165) is 12.8 Å². The first-order valence-electron chi connectivity index (χ1n) is 9.50. The minimum atomic E-state index is 0.222. The second kappa shape index (κ2) is 9.64. The second-order valence-electron chi connectivity index (χ2n) is 8.12. The van der Waals surface area contributed by atoms with Crippen LogP contribution in [0.25, 0.3) is 0 Å². The molecule has 0 saturated heterocycles. The molecule has 0 aromatic carbocycles. The van der Waals surface area contributed by atoms with Crippen LogP contribution in [0.3, 0.4) is 0 Å². The summed E-state index contributed by atoms with van der Waals surface area (Å²) in [5.41, 5.74) is 0.222. The Kier molecular flexibility index (Phi) is 8.59. The molecule has 2 unspecified atom stereocenters. The number of ketones is 1. The van der Waals surface area contributed by atoms with Crippen LogP contribution >= 0.6 is 0 Å². The molecule has 2 atom stereocenters. The summed E-state index contributed by atoms with van der Waals surface area (Å²) < 4.78 is 0. The van der Waals surface area contributed by atoms with Gasteiger partial charge < -0.3 is 0 Å². The van der Waals surface area contributed by atoms with E-state index in [9.17, 15) is 4.79 Å². The molecule has 1 fully saturated rings. The predicted molar refractivity (Wildman–Crippen MR) is 92.5 cm³/mol. The highest BCUT2D eigenvalue weighted by Crippen LogP contribution is 2.41. The SMILES string of the molecule is CCCCCCCCCCC(C)(C)C1CCC(C)CC1=O. The van der Waals surface area contributed by atoms with Gasteiger partial charge in [0.1, 0.15) is 5.78 Å². The number of Topliss-reactive ketones (excluding diaryl/α,β-unsaturated/α-hetero) is 1. The van der Waals surface area contributed by atoms with Crippen molar-refractivity contribution in [2.24, 2.45) is 17.3 Å². The number of unbranched alkanes of at least 4 members (excludes halogenated alkanes) is 7. The summed E-state index contributed by atoms with van der Waals surface area (Å²) in [5.74, 6) is 1.49. The molecular weight excluding hydrogens is 256 g/mol. The molecule has 0 heterocycles. The van der Waals surface area contributed by atoms with Gasteiger partial charge in [-0.3, -0.25) is 4.79 Å². The van der Waals surface area contributed by atoms with E-state index in [2.05, 4.69) is 27.7 Å². The number of carbonyl (C=O) groups is 1. The molecule has 124 valence electrons. The molecule has 1 rings (SSSR count). The van der Waals surface area contributed by atoms with Gasteiger partial charge in [-0.1, -0.05) is 79.1 Å². The fourth-order valence-electron chi connectivity index (χ4n) is 3.92. The summed E-state index contributed by atoms with van der Waals surface area (Å²) in [6, 6.07) is 0. The number of hydrogen-bond acceptors (Lipinski definition) is 1. The standard InChI is InChI=1S/C20H38O/c1-5-6-7-8-9-10-11-12-15-20(3,4)18-14-13-17(2)16-19(18)21/h17-18H,5-16H2,1-4H3. The summed E-state index contributed by atoms with van der Waals surface area (Å²) >= 11 is 0. The van der Waals surface area contributed by atoms with Crippen LogP contribution in [0.5, 0.6) is 0 Å². The van der Waals surface area contributed by atoms with Gasteiger partial charge in [0.2, 0.25) is 0 Å². The van der Waals surface area contributed by atoms with Gasteiger partial charge in [0.05, 0.1) is 0 Å². The van der Waals surface area contributed by atoms with Gasteiger partial charge in [0, 0.05) is 12.3 Å². The van der Waals surface area contributed by atoms with Gasteiger partial charge in [-0.05, 0) is 30.6 Å². The van der Waals surface area contributed by atoms with E-state index in [4.69, 9.17) is 0 Å². The summed E-state index contributed by atoms with van der Waals surface area (Å²) in [4.78, 5) is 12.3. The molecular formula is C20H38O. The maximum Gasteiger partial charge on any atom is 0.136 e. The van der Waals surface area contributed by atoms with E-state index in [1.807, 2.05) is 0 Å². The molecule has 0 N–H and O–H groups in total. The quantitative estimate of drug-likeness (QED) is 0.417. The average molecular weight is 295 g/mol. The lowest BCUT2D eigenvalue weighted by Crippen LogP contribution is -2.35. The lowest BCUT2D eigenvalue weighted by molar-refractivity contribution is -0.130. The maximum absolute atomic E-state index is 12.3. The maximum atomic E-state index is 12.3. The normalized spacial score (nSPS) is 23.5. The zero-order valence-electron chi connectivity index (χ0n) is 15.0. The second-order valence-corrected chi connectivity index (χ2v) is 8.12. The Balaban J connectivity index is 2.16. The summed E-state index contributed by atoms with van der Waals surface area (Å²) in [6.45, 7) is 9.15. The topological polar surface area (TPSA) is 17.1 Å². The van der Waals surface area contributed by atoms with Gasteiger partial charge in [-0.2, -0.15) is 0 Å². The number of rotatable bonds is 10. The van der Waals surface area contributed by atoms with Crippen molar-refractivity contribution in [3.8, 4) is 0 Å². The van der Waals surface area contributed by atoms with E-state index in [0.29, 0.717) is 17.6 Å². The molecule has 1 aliphatic rings. The Labute approximate surface area is 133 Å². The summed E-state index contributed by atoms with van der Waals surface area (Å²) in [6.07, 6.45) is 15.4. The third-order valence-corrected chi connectivity index (χ3v) is 5.50. The minimum absolute atomic E-state index is 0.222. The van der Waals surface area contributed by atoms with Crippen LogP contribution in [0.4, 0.5) is 0 Å². The van der Waals surface area contributed by atoms with Crippen molar-refractivity contribution >= 4 is 5.78 Å². The van der Waals surface area contributed by atoms with E-state index in [1.54, 1.807) is 0 Å². The zero-order chi connectivity index (χ0) is 15.7. The van der Waals surface area contributed by atoms with Crippen LogP contribution in [0, 0.1) is 17.3 Å². The average Bonchev–Trinajstić information content (AvgIpc) is 2.41. The Morgan fingerprint density at radius 1 is 0.952 bits per heavy atom. The highest BCUT2D eigenvalue weighted by atomic mass is 16.1. The molecule has 0 aromatic rings. The highest BCUT2D eigenvalue weighted by molar-refractivity contribution is 5.82. The molecule has 1 heteroatoms. The molecule has 1 nitrogen and oxygen atoms in total. The molecule has 1 saturated carbocycles.